The van der Waals surface area contributed by atoms with Gasteiger partial charge >= 0.3 is 0 Å². The molecule has 1 aromatic rings. The Hall–Kier alpha value is -0.570. The van der Waals surface area contributed by atoms with E-state index in [1.165, 1.54) is 31.4 Å². The number of rotatable bonds is 5. The molecule has 3 heteroatoms. The summed E-state index contributed by atoms with van der Waals surface area (Å²) in [5, 5.41) is 4.58. The van der Waals surface area contributed by atoms with Crippen molar-refractivity contribution in [3.8, 4) is 0 Å². The van der Waals surface area contributed by atoms with Crippen molar-refractivity contribution in [2.75, 3.05) is 20.1 Å². The largest absolute Gasteiger partial charge is 0.308 e. The molecule has 0 amide bonds. The molecule has 0 aliphatic carbocycles. The van der Waals surface area contributed by atoms with Gasteiger partial charge in [0.25, 0.3) is 0 Å². The van der Waals surface area contributed by atoms with Crippen LogP contribution in [0, 0.1) is 5.92 Å². The first-order valence-corrected chi connectivity index (χ1v) is 8.15. The summed E-state index contributed by atoms with van der Waals surface area (Å²) in [5.41, 5.74) is 1.34. The van der Waals surface area contributed by atoms with Gasteiger partial charge in [0.1, 0.15) is 0 Å². The third-order valence-corrected chi connectivity index (χ3v) is 4.64. The Labute approximate surface area is 128 Å². The zero-order chi connectivity index (χ0) is 14.5. The topological polar surface area (TPSA) is 15.3 Å². The van der Waals surface area contributed by atoms with Crippen molar-refractivity contribution < 1.29 is 0 Å². The van der Waals surface area contributed by atoms with Crippen LogP contribution in [0.3, 0.4) is 0 Å². The van der Waals surface area contributed by atoms with Gasteiger partial charge < -0.3 is 10.2 Å². The van der Waals surface area contributed by atoms with Crippen molar-refractivity contribution in [3.63, 3.8) is 0 Å². The van der Waals surface area contributed by atoms with Crippen LogP contribution in [0.1, 0.15) is 44.7 Å². The maximum absolute atomic E-state index is 5.99. The summed E-state index contributed by atoms with van der Waals surface area (Å²) in [7, 11) is 2.25. The van der Waals surface area contributed by atoms with Crippen molar-refractivity contribution >= 4 is 11.6 Å². The first-order valence-electron chi connectivity index (χ1n) is 7.77. The maximum Gasteiger partial charge on any atom is 0.0406 e. The molecule has 1 heterocycles. The van der Waals surface area contributed by atoms with E-state index in [1.807, 2.05) is 12.1 Å². The van der Waals surface area contributed by atoms with Gasteiger partial charge in [-0.25, -0.2) is 0 Å². The Morgan fingerprint density at radius 2 is 1.95 bits per heavy atom. The number of piperidine rings is 1. The average Bonchev–Trinajstić information content (AvgIpc) is 2.42. The van der Waals surface area contributed by atoms with Crippen LogP contribution in [0.5, 0.6) is 0 Å². The van der Waals surface area contributed by atoms with Crippen LogP contribution in [0.2, 0.25) is 5.02 Å². The van der Waals surface area contributed by atoms with Gasteiger partial charge in [-0.1, -0.05) is 44.0 Å². The molecule has 20 heavy (non-hydrogen) atoms. The van der Waals surface area contributed by atoms with E-state index >= 15 is 0 Å². The van der Waals surface area contributed by atoms with Gasteiger partial charge in [-0.15, -0.1) is 0 Å². The SMILES string of the molecule is CC(C)C(NCC1CCCCN1C)c1ccc(Cl)cc1. The van der Waals surface area contributed by atoms with Gasteiger partial charge in [-0.05, 0) is 50.0 Å². The molecule has 0 saturated carbocycles. The monoisotopic (exact) mass is 294 g/mol. The Bertz CT molecular complexity index is 402. The van der Waals surface area contributed by atoms with E-state index in [4.69, 9.17) is 11.6 Å². The molecule has 2 atom stereocenters. The van der Waals surface area contributed by atoms with Gasteiger partial charge in [0.2, 0.25) is 0 Å². The second kappa shape index (κ2) is 7.44. The van der Waals surface area contributed by atoms with Crippen molar-refractivity contribution in [1.29, 1.82) is 0 Å². The number of likely N-dealkylation sites (tertiary alicyclic amines) is 1. The highest BCUT2D eigenvalue weighted by atomic mass is 35.5. The van der Waals surface area contributed by atoms with E-state index in [1.54, 1.807) is 0 Å². The highest BCUT2D eigenvalue weighted by Crippen LogP contribution is 2.24. The van der Waals surface area contributed by atoms with E-state index in [2.05, 4.69) is 43.2 Å². The minimum atomic E-state index is 0.405. The van der Waals surface area contributed by atoms with Crippen molar-refractivity contribution in [3.05, 3.63) is 34.9 Å². The van der Waals surface area contributed by atoms with Crippen molar-refractivity contribution in [1.82, 2.24) is 10.2 Å². The van der Waals surface area contributed by atoms with E-state index in [0.717, 1.165) is 11.6 Å². The first kappa shape index (κ1) is 15.8. The average molecular weight is 295 g/mol. The van der Waals surface area contributed by atoms with Gasteiger partial charge in [0, 0.05) is 23.7 Å². The van der Waals surface area contributed by atoms with Gasteiger partial charge in [-0.2, -0.15) is 0 Å². The molecule has 0 bridgehead atoms. The minimum Gasteiger partial charge on any atom is -0.308 e. The van der Waals surface area contributed by atoms with Crippen LogP contribution in [0.4, 0.5) is 0 Å². The Balaban J connectivity index is 1.97. The zero-order valence-electron chi connectivity index (χ0n) is 12.9. The fourth-order valence-corrected chi connectivity index (χ4v) is 3.20. The smallest absolute Gasteiger partial charge is 0.0406 e. The summed E-state index contributed by atoms with van der Waals surface area (Å²) in [6.07, 6.45) is 4.02. The third-order valence-electron chi connectivity index (χ3n) is 4.39. The number of hydrogen-bond acceptors (Lipinski definition) is 2. The molecule has 2 unspecified atom stereocenters. The standard InChI is InChI=1S/C17H27ClN2/c1-13(2)17(14-7-9-15(18)10-8-14)19-12-16-6-4-5-11-20(16)3/h7-10,13,16-17,19H,4-6,11-12H2,1-3H3. The van der Waals surface area contributed by atoms with Gasteiger partial charge in [0.15, 0.2) is 0 Å². The lowest BCUT2D eigenvalue weighted by Crippen LogP contribution is -2.44. The molecule has 112 valence electrons. The van der Waals surface area contributed by atoms with Crippen LogP contribution < -0.4 is 5.32 Å². The molecule has 2 rings (SSSR count). The second-order valence-corrected chi connectivity index (χ2v) is 6.75. The summed E-state index contributed by atoms with van der Waals surface area (Å²) in [6.45, 7) is 6.86. The maximum atomic E-state index is 5.99. The predicted molar refractivity (Wildman–Crippen MR) is 87.3 cm³/mol. The Kier molecular flexibility index (Phi) is 5.88. The number of nitrogens with one attached hydrogen (secondary N) is 1. The lowest BCUT2D eigenvalue weighted by Gasteiger charge is -2.34. The number of likely N-dealkylation sites (N-methyl/N-ethyl adjacent to an activating group) is 1. The molecule has 1 aromatic carbocycles. The van der Waals surface area contributed by atoms with E-state index in [9.17, 15) is 0 Å². The number of nitrogens with zero attached hydrogens (tertiary/aromatic N) is 1. The zero-order valence-corrected chi connectivity index (χ0v) is 13.7. The molecule has 0 radical (unpaired) electrons. The highest BCUT2D eigenvalue weighted by molar-refractivity contribution is 6.30. The molecular weight excluding hydrogens is 268 g/mol. The number of hydrogen-bond donors (Lipinski definition) is 1. The number of benzene rings is 1. The fourth-order valence-electron chi connectivity index (χ4n) is 3.07. The highest BCUT2D eigenvalue weighted by Gasteiger charge is 2.21. The molecule has 1 aliphatic rings. The van der Waals surface area contributed by atoms with Gasteiger partial charge in [0.05, 0.1) is 0 Å². The van der Waals surface area contributed by atoms with Crippen molar-refractivity contribution in [2.45, 2.75) is 45.2 Å². The van der Waals surface area contributed by atoms with Crippen molar-refractivity contribution in [2.24, 2.45) is 5.92 Å². The molecule has 1 fully saturated rings. The lowest BCUT2D eigenvalue weighted by molar-refractivity contribution is 0.174. The molecule has 1 N–H and O–H groups in total. The summed E-state index contributed by atoms with van der Waals surface area (Å²) in [4.78, 5) is 2.50. The van der Waals surface area contributed by atoms with E-state index in [-0.39, 0.29) is 0 Å². The summed E-state index contributed by atoms with van der Waals surface area (Å²) in [6, 6.07) is 9.34. The normalized spacial score (nSPS) is 22.1. The number of halogens is 1. The lowest BCUT2D eigenvalue weighted by atomic mass is 9.95. The molecule has 1 aliphatic heterocycles. The molecule has 1 saturated heterocycles. The molecule has 2 nitrogen and oxygen atoms in total. The molecular formula is C17H27ClN2. The predicted octanol–water partition coefficient (Wildman–Crippen LogP) is 4.11. The van der Waals surface area contributed by atoms with Gasteiger partial charge in [-0.3, -0.25) is 0 Å². The summed E-state index contributed by atoms with van der Waals surface area (Å²) in [5.74, 6) is 0.574. The van der Waals surface area contributed by atoms with E-state index < -0.39 is 0 Å². The van der Waals surface area contributed by atoms with Crippen LogP contribution in [-0.2, 0) is 0 Å². The Morgan fingerprint density at radius 3 is 2.55 bits per heavy atom. The Morgan fingerprint density at radius 1 is 1.25 bits per heavy atom. The molecule has 0 aromatic heterocycles. The third kappa shape index (κ3) is 4.21. The summed E-state index contributed by atoms with van der Waals surface area (Å²) >= 11 is 5.99. The second-order valence-electron chi connectivity index (χ2n) is 6.31. The summed E-state index contributed by atoms with van der Waals surface area (Å²) < 4.78 is 0. The quantitative estimate of drug-likeness (QED) is 0.879. The van der Waals surface area contributed by atoms with Crippen LogP contribution in [-0.4, -0.2) is 31.1 Å². The minimum absolute atomic E-state index is 0.405. The first-order chi connectivity index (χ1) is 9.58. The fraction of sp³-hybridized carbons (Fsp3) is 0.647. The van der Waals surface area contributed by atoms with Crippen LogP contribution >= 0.6 is 11.6 Å². The van der Waals surface area contributed by atoms with Crippen LogP contribution in [0.15, 0.2) is 24.3 Å². The molecule has 0 spiro atoms. The van der Waals surface area contributed by atoms with Crippen LogP contribution in [0.25, 0.3) is 0 Å². The van der Waals surface area contributed by atoms with E-state index in [0.29, 0.717) is 18.0 Å².